The van der Waals surface area contributed by atoms with Crippen LogP contribution in [0.5, 0.6) is 5.75 Å². The summed E-state index contributed by atoms with van der Waals surface area (Å²) in [6.07, 6.45) is 1.10. The molecule has 1 heterocycles. The molecule has 27 heavy (non-hydrogen) atoms. The molecule has 0 fully saturated rings. The Morgan fingerprint density at radius 1 is 1.11 bits per heavy atom. The van der Waals surface area contributed by atoms with Gasteiger partial charge in [0.2, 0.25) is 5.91 Å². The molecule has 3 rings (SSSR count). The number of ether oxygens (including phenoxy) is 1. The SMILES string of the molecule is CC(C)(C)c1ccc(OCCCC(=O)NCc2nc3ccccc3[nH]2)cc1. The monoisotopic (exact) mass is 365 g/mol. The van der Waals surface area contributed by atoms with Crippen LogP contribution in [0.25, 0.3) is 11.0 Å². The summed E-state index contributed by atoms with van der Waals surface area (Å²) in [5.74, 6) is 1.60. The highest BCUT2D eigenvalue weighted by Gasteiger charge is 2.13. The van der Waals surface area contributed by atoms with Crippen LogP contribution in [0.15, 0.2) is 48.5 Å². The summed E-state index contributed by atoms with van der Waals surface area (Å²) in [5.41, 5.74) is 3.30. The maximum absolute atomic E-state index is 12.0. The Morgan fingerprint density at radius 3 is 2.56 bits per heavy atom. The van der Waals surface area contributed by atoms with Gasteiger partial charge in [0.1, 0.15) is 11.6 Å². The minimum absolute atomic E-state index is 0.00198. The van der Waals surface area contributed by atoms with Crippen LogP contribution < -0.4 is 10.1 Å². The minimum Gasteiger partial charge on any atom is -0.494 e. The molecular weight excluding hydrogens is 338 g/mol. The number of carbonyl (C=O) groups is 1. The molecule has 0 aliphatic heterocycles. The zero-order chi connectivity index (χ0) is 19.3. The topological polar surface area (TPSA) is 67.0 Å². The first-order valence-electron chi connectivity index (χ1n) is 9.35. The summed E-state index contributed by atoms with van der Waals surface area (Å²) < 4.78 is 5.73. The van der Waals surface area contributed by atoms with E-state index in [2.05, 4.69) is 48.2 Å². The van der Waals surface area contributed by atoms with Gasteiger partial charge in [0.05, 0.1) is 24.2 Å². The van der Waals surface area contributed by atoms with Gasteiger partial charge in [-0.1, -0.05) is 45.0 Å². The van der Waals surface area contributed by atoms with E-state index in [-0.39, 0.29) is 11.3 Å². The number of nitrogens with one attached hydrogen (secondary N) is 2. The Bertz CT molecular complexity index is 859. The van der Waals surface area contributed by atoms with Gasteiger partial charge in [0.25, 0.3) is 0 Å². The lowest BCUT2D eigenvalue weighted by Gasteiger charge is -2.19. The van der Waals surface area contributed by atoms with Crippen molar-refractivity contribution in [3.63, 3.8) is 0 Å². The number of carbonyl (C=O) groups excluding carboxylic acids is 1. The van der Waals surface area contributed by atoms with Crippen LogP contribution in [0.2, 0.25) is 0 Å². The van der Waals surface area contributed by atoms with Crippen molar-refractivity contribution in [3.05, 3.63) is 59.9 Å². The smallest absolute Gasteiger partial charge is 0.220 e. The molecule has 0 atom stereocenters. The van der Waals surface area contributed by atoms with Crippen LogP contribution in [0.4, 0.5) is 0 Å². The molecule has 0 saturated carbocycles. The van der Waals surface area contributed by atoms with Crippen molar-refractivity contribution in [2.75, 3.05) is 6.61 Å². The molecule has 5 heteroatoms. The van der Waals surface area contributed by atoms with Crippen molar-refractivity contribution in [3.8, 4) is 5.75 Å². The van der Waals surface area contributed by atoms with E-state index in [4.69, 9.17) is 4.74 Å². The van der Waals surface area contributed by atoms with Gasteiger partial charge in [-0.3, -0.25) is 4.79 Å². The van der Waals surface area contributed by atoms with E-state index in [0.29, 0.717) is 26.0 Å². The summed E-state index contributed by atoms with van der Waals surface area (Å²) in [4.78, 5) is 19.6. The molecule has 0 unspecified atom stereocenters. The molecule has 0 aliphatic carbocycles. The zero-order valence-corrected chi connectivity index (χ0v) is 16.2. The number of amides is 1. The first-order chi connectivity index (χ1) is 12.9. The van der Waals surface area contributed by atoms with E-state index in [1.165, 1.54) is 5.56 Å². The first-order valence-corrected chi connectivity index (χ1v) is 9.35. The fraction of sp³-hybridized carbons (Fsp3) is 0.364. The average molecular weight is 365 g/mol. The lowest BCUT2D eigenvalue weighted by Crippen LogP contribution is -2.23. The van der Waals surface area contributed by atoms with E-state index in [1.54, 1.807) is 0 Å². The number of hydrogen-bond acceptors (Lipinski definition) is 3. The van der Waals surface area contributed by atoms with Crippen molar-refractivity contribution in [2.45, 2.75) is 45.6 Å². The Labute approximate surface area is 160 Å². The minimum atomic E-state index is 0.00198. The molecule has 5 nitrogen and oxygen atoms in total. The highest BCUT2D eigenvalue weighted by Crippen LogP contribution is 2.24. The molecule has 0 radical (unpaired) electrons. The molecule has 0 aliphatic rings. The summed E-state index contributed by atoms with van der Waals surface area (Å²) in [5, 5.41) is 2.89. The maximum atomic E-state index is 12.0. The third-order valence-corrected chi connectivity index (χ3v) is 4.43. The zero-order valence-electron chi connectivity index (χ0n) is 16.2. The number of benzene rings is 2. The quantitative estimate of drug-likeness (QED) is 0.612. The number of aromatic amines is 1. The molecule has 1 amide bonds. The van der Waals surface area contributed by atoms with Gasteiger partial charge in [-0.25, -0.2) is 4.98 Å². The number of hydrogen-bond donors (Lipinski definition) is 2. The van der Waals surface area contributed by atoms with Gasteiger partial charge in [-0.05, 0) is 41.7 Å². The molecule has 142 valence electrons. The molecule has 1 aromatic heterocycles. The van der Waals surface area contributed by atoms with Gasteiger partial charge in [-0.15, -0.1) is 0 Å². The summed E-state index contributed by atoms with van der Waals surface area (Å²) in [6.45, 7) is 7.49. The largest absolute Gasteiger partial charge is 0.494 e. The van der Waals surface area contributed by atoms with Crippen molar-refractivity contribution in [1.82, 2.24) is 15.3 Å². The molecule has 3 aromatic rings. The molecular formula is C22H27N3O2. The van der Waals surface area contributed by atoms with Gasteiger partial charge in [0.15, 0.2) is 0 Å². The number of rotatable bonds is 7. The highest BCUT2D eigenvalue weighted by atomic mass is 16.5. The molecule has 0 bridgehead atoms. The summed E-state index contributed by atoms with van der Waals surface area (Å²) in [6, 6.07) is 16.0. The number of nitrogens with zero attached hydrogens (tertiary/aromatic N) is 1. The predicted octanol–water partition coefficient (Wildman–Crippen LogP) is 4.34. The van der Waals surface area contributed by atoms with Crippen molar-refractivity contribution in [1.29, 1.82) is 0 Å². The van der Waals surface area contributed by atoms with Gasteiger partial charge < -0.3 is 15.0 Å². The van der Waals surface area contributed by atoms with Crippen LogP contribution in [-0.2, 0) is 16.8 Å². The molecule has 0 saturated heterocycles. The molecule has 2 N–H and O–H groups in total. The number of para-hydroxylation sites is 2. The molecule has 2 aromatic carbocycles. The Morgan fingerprint density at radius 2 is 1.85 bits per heavy atom. The van der Waals surface area contributed by atoms with Crippen LogP contribution in [0, 0.1) is 0 Å². The Hall–Kier alpha value is -2.82. The van der Waals surface area contributed by atoms with Gasteiger partial charge in [0, 0.05) is 6.42 Å². The number of aromatic nitrogens is 2. The normalized spacial score (nSPS) is 11.5. The molecule has 0 spiro atoms. The predicted molar refractivity (Wildman–Crippen MR) is 108 cm³/mol. The fourth-order valence-corrected chi connectivity index (χ4v) is 2.83. The van der Waals surface area contributed by atoms with Crippen LogP contribution >= 0.6 is 0 Å². The number of fused-ring (bicyclic) bond motifs is 1. The lowest BCUT2D eigenvalue weighted by molar-refractivity contribution is -0.121. The van der Waals surface area contributed by atoms with Crippen LogP contribution in [0.1, 0.15) is 45.0 Å². The Balaban J connectivity index is 1.37. The average Bonchev–Trinajstić information content (AvgIpc) is 3.06. The van der Waals surface area contributed by atoms with Crippen molar-refractivity contribution < 1.29 is 9.53 Å². The number of imidazole rings is 1. The maximum Gasteiger partial charge on any atom is 0.220 e. The van der Waals surface area contributed by atoms with E-state index in [9.17, 15) is 4.79 Å². The van der Waals surface area contributed by atoms with Gasteiger partial charge >= 0.3 is 0 Å². The van der Waals surface area contributed by atoms with Crippen LogP contribution in [-0.4, -0.2) is 22.5 Å². The second-order valence-corrected chi connectivity index (χ2v) is 7.70. The van der Waals surface area contributed by atoms with E-state index < -0.39 is 0 Å². The second-order valence-electron chi connectivity index (χ2n) is 7.70. The second kappa shape index (κ2) is 8.25. The van der Waals surface area contributed by atoms with E-state index in [0.717, 1.165) is 22.6 Å². The van der Waals surface area contributed by atoms with Crippen LogP contribution in [0.3, 0.4) is 0 Å². The first kappa shape index (κ1) is 19.0. The van der Waals surface area contributed by atoms with Crippen molar-refractivity contribution >= 4 is 16.9 Å². The number of H-pyrrole nitrogens is 1. The van der Waals surface area contributed by atoms with Crippen molar-refractivity contribution in [2.24, 2.45) is 0 Å². The fourth-order valence-electron chi connectivity index (χ4n) is 2.83. The standard InChI is InChI=1S/C22H27N3O2/c1-22(2,3)16-10-12-17(13-11-16)27-14-6-9-21(26)23-15-20-24-18-7-4-5-8-19(18)25-20/h4-5,7-8,10-13H,6,9,14-15H2,1-3H3,(H,23,26)(H,24,25). The Kier molecular flexibility index (Phi) is 5.79. The summed E-state index contributed by atoms with van der Waals surface area (Å²) >= 11 is 0. The van der Waals surface area contributed by atoms with Gasteiger partial charge in [-0.2, -0.15) is 0 Å². The van der Waals surface area contributed by atoms with E-state index in [1.807, 2.05) is 36.4 Å². The third kappa shape index (κ3) is 5.33. The highest BCUT2D eigenvalue weighted by molar-refractivity contribution is 5.76. The lowest BCUT2D eigenvalue weighted by atomic mass is 9.87. The van der Waals surface area contributed by atoms with E-state index >= 15 is 0 Å². The third-order valence-electron chi connectivity index (χ3n) is 4.43. The summed E-state index contributed by atoms with van der Waals surface area (Å²) in [7, 11) is 0.